The van der Waals surface area contributed by atoms with Gasteiger partial charge in [-0.05, 0) is 30.5 Å². The third-order valence-corrected chi connectivity index (χ3v) is 3.42. The number of aryl methyl sites for hydroxylation is 1. The normalized spacial score (nSPS) is 12.4. The highest BCUT2D eigenvalue weighted by Crippen LogP contribution is 2.15. The van der Waals surface area contributed by atoms with Gasteiger partial charge in [-0.25, -0.2) is 0 Å². The Morgan fingerprint density at radius 3 is 2.68 bits per heavy atom. The first-order chi connectivity index (χ1) is 10.2. The van der Waals surface area contributed by atoms with Crippen molar-refractivity contribution in [3.63, 3.8) is 0 Å². The van der Waals surface area contributed by atoms with Crippen LogP contribution in [0.1, 0.15) is 29.7 Å². The molecule has 0 radical (unpaired) electrons. The summed E-state index contributed by atoms with van der Waals surface area (Å²) in [7, 11) is 1.77. The Labute approximate surface area is 149 Å². The van der Waals surface area contributed by atoms with Crippen molar-refractivity contribution >= 4 is 29.9 Å². The van der Waals surface area contributed by atoms with Crippen LogP contribution in [0.4, 0.5) is 0 Å². The fraction of sp³-hybridized carbons (Fsp3) is 0.353. The molecule has 0 bridgehead atoms. The first kappa shape index (κ1) is 18.5. The SMILES string of the molecule is CN=C(NCc1ccco1)NCC(C)c1cccc(C)c1.I. The number of rotatable bonds is 5. The van der Waals surface area contributed by atoms with Crippen LogP contribution in [0.15, 0.2) is 52.1 Å². The molecular formula is C17H24IN3O. The van der Waals surface area contributed by atoms with Crippen molar-refractivity contribution in [2.75, 3.05) is 13.6 Å². The van der Waals surface area contributed by atoms with E-state index in [1.54, 1.807) is 13.3 Å². The fourth-order valence-electron chi connectivity index (χ4n) is 2.15. The monoisotopic (exact) mass is 413 g/mol. The molecule has 2 aromatic rings. The molecule has 1 aromatic heterocycles. The molecule has 0 fully saturated rings. The van der Waals surface area contributed by atoms with Crippen molar-refractivity contribution in [1.82, 2.24) is 10.6 Å². The van der Waals surface area contributed by atoms with Gasteiger partial charge >= 0.3 is 0 Å². The minimum absolute atomic E-state index is 0. The molecule has 0 aliphatic heterocycles. The molecule has 0 saturated carbocycles. The van der Waals surface area contributed by atoms with Gasteiger partial charge in [-0.2, -0.15) is 0 Å². The summed E-state index contributed by atoms with van der Waals surface area (Å²) < 4.78 is 5.29. The maximum atomic E-state index is 5.29. The van der Waals surface area contributed by atoms with Crippen LogP contribution in [0.5, 0.6) is 0 Å². The Hall–Kier alpha value is -1.50. The lowest BCUT2D eigenvalue weighted by Crippen LogP contribution is -2.38. The zero-order chi connectivity index (χ0) is 15.1. The Balaban J connectivity index is 0.00000242. The van der Waals surface area contributed by atoms with Gasteiger partial charge in [0.15, 0.2) is 5.96 Å². The first-order valence-electron chi connectivity index (χ1n) is 7.22. The van der Waals surface area contributed by atoms with E-state index in [4.69, 9.17) is 4.42 Å². The summed E-state index contributed by atoms with van der Waals surface area (Å²) in [5, 5.41) is 6.58. The van der Waals surface area contributed by atoms with Gasteiger partial charge in [-0.3, -0.25) is 4.99 Å². The molecule has 0 saturated heterocycles. The molecule has 2 N–H and O–H groups in total. The van der Waals surface area contributed by atoms with E-state index >= 15 is 0 Å². The molecule has 120 valence electrons. The number of hydrogen-bond acceptors (Lipinski definition) is 2. The van der Waals surface area contributed by atoms with Crippen molar-refractivity contribution < 1.29 is 4.42 Å². The molecule has 1 heterocycles. The van der Waals surface area contributed by atoms with Gasteiger partial charge in [0.05, 0.1) is 12.8 Å². The van der Waals surface area contributed by atoms with Gasteiger partial charge in [0.25, 0.3) is 0 Å². The second-order valence-corrected chi connectivity index (χ2v) is 5.20. The van der Waals surface area contributed by atoms with E-state index < -0.39 is 0 Å². The summed E-state index contributed by atoms with van der Waals surface area (Å²) in [4.78, 5) is 4.22. The predicted octanol–water partition coefficient (Wildman–Crippen LogP) is 3.67. The largest absolute Gasteiger partial charge is 0.467 e. The number of nitrogens with zero attached hydrogens (tertiary/aromatic N) is 1. The third-order valence-electron chi connectivity index (χ3n) is 3.42. The number of halogens is 1. The molecular weight excluding hydrogens is 389 g/mol. The topological polar surface area (TPSA) is 49.6 Å². The van der Waals surface area contributed by atoms with Gasteiger partial charge in [0.1, 0.15) is 5.76 Å². The minimum atomic E-state index is 0. The van der Waals surface area contributed by atoms with Crippen LogP contribution in [-0.2, 0) is 6.54 Å². The lowest BCUT2D eigenvalue weighted by Gasteiger charge is -2.16. The van der Waals surface area contributed by atoms with Crippen molar-refractivity contribution in [3.05, 3.63) is 59.5 Å². The Morgan fingerprint density at radius 2 is 2.05 bits per heavy atom. The van der Waals surface area contributed by atoms with Crippen LogP contribution in [-0.4, -0.2) is 19.6 Å². The van der Waals surface area contributed by atoms with Crippen molar-refractivity contribution in [2.45, 2.75) is 26.3 Å². The maximum absolute atomic E-state index is 5.29. The van der Waals surface area contributed by atoms with Gasteiger partial charge in [-0.1, -0.05) is 36.8 Å². The van der Waals surface area contributed by atoms with Crippen molar-refractivity contribution in [3.8, 4) is 0 Å². The van der Waals surface area contributed by atoms with Gasteiger partial charge in [0.2, 0.25) is 0 Å². The number of nitrogens with one attached hydrogen (secondary N) is 2. The van der Waals surface area contributed by atoms with E-state index in [0.29, 0.717) is 12.5 Å². The molecule has 4 nitrogen and oxygen atoms in total. The van der Waals surface area contributed by atoms with E-state index in [-0.39, 0.29) is 24.0 Å². The lowest BCUT2D eigenvalue weighted by atomic mass is 9.99. The van der Waals surface area contributed by atoms with Crippen molar-refractivity contribution in [2.24, 2.45) is 4.99 Å². The summed E-state index contributed by atoms with van der Waals surface area (Å²) in [6, 6.07) is 12.4. The Morgan fingerprint density at radius 1 is 1.23 bits per heavy atom. The smallest absolute Gasteiger partial charge is 0.191 e. The van der Waals surface area contributed by atoms with Gasteiger partial charge in [-0.15, -0.1) is 24.0 Å². The minimum Gasteiger partial charge on any atom is -0.467 e. The number of benzene rings is 1. The van der Waals surface area contributed by atoms with Crippen LogP contribution >= 0.6 is 24.0 Å². The number of hydrogen-bond donors (Lipinski definition) is 2. The Bertz CT molecular complexity index is 581. The molecule has 5 heteroatoms. The quantitative estimate of drug-likeness (QED) is 0.447. The van der Waals surface area contributed by atoms with E-state index in [1.165, 1.54) is 11.1 Å². The van der Waals surface area contributed by atoms with Crippen LogP contribution in [0, 0.1) is 6.92 Å². The highest BCUT2D eigenvalue weighted by molar-refractivity contribution is 14.0. The predicted molar refractivity (Wildman–Crippen MR) is 102 cm³/mol. The molecule has 1 unspecified atom stereocenters. The fourth-order valence-corrected chi connectivity index (χ4v) is 2.15. The lowest BCUT2D eigenvalue weighted by molar-refractivity contribution is 0.501. The molecule has 1 aromatic carbocycles. The van der Waals surface area contributed by atoms with E-state index in [2.05, 4.69) is 53.7 Å². The summed E-state index contributed by atoms with van der Waals surface area (Å²) in [5.74, 6) is 2.10. The summed E-state index contributed by atoms with van der Waals surface area (Å²) in [6.45, 7) is 5.79. The van der Waals surface area contributed by atoms with E-state index in [9.17, 15) is 0 Å². The second kappa shape index (κ2) is 9.50. The van der Waals surface area contributed by atoms with Crippen LogP contribution < -0.4 is 10.6 Å². The van der Waals surface area contributed by atoms with Crippen LogP contribution in [0.2, 0.25) is 0 Å². The molecule has 22 heavy (non-hydrogen) atoms. The zero-order valence-corrected chi connectivity index (χ0v) is 15.6. The van der Waals surface area contributed by atoms with Gasteiger partial charge in [0, 0.05) is 13.6 Å². The number of aliphatic imine (C=N–C) groups is 1. The zero-order valence-electron chi connectivity index (χ0n) is 13.3. The molecule has 2 rings (SSSR count). The second-order valence-electron chi connectivity index (χ2n) is 5.20. The third kappa shape index (κ3) is 5.71. The van der Waals surface area contributed by atoms with E-state index in [1.807, 2.05) is 12.1 Å². The molecule has 1 atom stereocenters. The first-order valence-corrected chi connectivity index (χ1v) is 7.22. The van der Waals surface area contributed by atoms with Crippen molar-refractivity contribution in [1.29, 1.82) is 0 Å². The molecule has 0 spiro atoms. The number of furan rings is 1. The average Bonchev–Trinajstić information content (AvgIpc) is 3.00. The average molecular weight is 413 g/mol. The summed E-state index contributed by atoms with van der Waals surface area (Å²) >= 11 is 0. The standard InChI is InChI=1S/C17H23N3O.HI/c1-13-6-4-7-15(10-13)14(2)11-19-17(18-3)20-12-16-8-5-9-21-16;/h4-10,14H,11-12H2,1-3H3,(H2,18,19,20);1H. The Kier molecular flexibility index (Phi) is 8.01. The number of guanidine groups is 1. The summed E-state index contributed by atoms with van der Waals surface area (Å²) in [5.41, 5.74) is 2.63. The van der Waals surface area contributed by atoms with E-state index in [0.717, 1.165) is 18.3 Å². The van der Waals surface area contributed by atoms with Crippen LogP contribution in [0.3, 0.4) is 0 Å². The van der Waals surface area contributed by atoms with Gasteiger partial charge < -0.3 is 15.1 Å². The highest BCUT2D eigenvalue weighted by Gasteiger charge is 2.07. The summed E-state index contributed by atoms with van der Waals surface area (Å²) in [6.07, 6.45) is 1.67. The van der Waals surface area contributed by atoms with Crippen LogP contribution in [0.25, 0.3) is 0 Å². The molecule has 0 amide bonds. The highest BCUT2D eigenvalue weighted by atomic mass is 127. The molecule has 0 aliphatic carbocycles. The molecule has 0 aliphatic rings. The maximum Gasteiger partial charge on any atom is 0.191 e.